The Morgan fingerprint density at radius 1 is 1.36 bits per heavy atom. The third kappa shape index (κ3) is 5.90. The van der Waals surface area contributed by atoms with Crippen molar-refractivity contribution in [3.63, 3.8) is 0 Å². The fourth-order valence-corrected chi connectivity index (χ4v) is 4.06. The number of aromatic nitrogens is 3. The zero-order valence-corrected chi connectivity index (χ0v) is 19.4. The Morgan fingerprint density at radius 3 is 2.75 bits per heavy atom. The molecule has 0 aliphatic carbocycles. The number of rotatable bonds is 9. The van der Waals surface area contributed by atoms with Crippen LogP contribution in [0.1, 0.15) is 53.9 Å². The molecule has 2 aromatic heterocycles. The summed E-state index contributed by atoms with van der Waals surface area (Å²) in [7, 11) is 0. The van der Waals surface area contributed by atoms with Crippen molar-refractivity contribution in [2.45, 2.75) is 66.0 Å². The van der Waals surface area contributed by atoms with Crippen LogP contribution in [0, 0.1) is 32.8 Å². The monoisotopic (exact) mass is 496 g/mol. The molecular formula is C21H29IN4O2. The van der Waals surface area contributed by atoms with Gasteiger partial charge in [-0.3, -0.25) is 14.5 Å². The molecule has 0 saturated heterocycles. The van der Waals surface area contributed by atoms with E-state index in [4.69, 9.17) is 10.00 Å². The van der Waals surface area contributed by atoms with Gasteiger partial charge in [-0.2, -0.15) is 10.4 Å². The lowest BCUT2D eigenvalue weighted by atomic mass is 9.80. The number of carbonyl (C=O) groups excluding carboxylic acids is 1. The molecule has 7 heteroatoms. The summed E-state index contributed by atoms with van der Waals surface area (Å²) in [6.45, 7) is 10.5. The molecule has 0 aliphatic heterocycles. The molecule has 0 bridgehead atoms. The molecule has 0 spiro atoms. The topological polar surface area (TPSA) is 80.8 Å². The second kappa shape index (κ2) is 9.68. The zero-order chi connectivity index (χ0) is 20.9. The van der Waals surface area contributed by atoms with Gasteiger partial charge < -0.3 is 4.74 Å². The van der Waals surface area contributed by atoms with Crippen molar-refractivity contribution in [2.75, 3.05) is 0 Å². The van der Waals surface area contributed by atoms with Crippen molar-refractivity contribution in [3.8, 4) is 6.07 Å². The van der Waals surface area contributed by atoms with Crippen LogP contribution in [-0.2, 0) is 16.1 Å². The maximum absolute atomic E-state index is 12.5. The maximum Gasteiger partial charge on any atom is 0.328 e. The quantitative estimate of drug-likeness (QED) is 0.362. The van der Waals surface area contributed by atoms with E-state index >= 15 is 0 Å². The lowest BCUT2D eigenvalue weighted by Crippen LogP contribution is -2.31. The first-order valence-corrected chi connectivity index (χ1v) is 10.8. The van der Waals surface area contributed by atoms with Crippen LogP contribution in [0.15, 0.2) is 18.5 Å². The molecule has 28 heavy (non-hydrogen) atoms. The van der Waals surface area contributed by atoms with Crippen molar-refractivity contribution in [1.29, 1.82) is 5.26 Å². The van der Waals surface area contributed by atoms with Crippen LogP contribution in [0.5, 0.6) is 0 Å². The van der Waals surface area contributed by atoms with E-state index < -0.39 is 5.60 Å². The van der Waals surface area contributed by atoms with E-state index in [2.05, 4.69) is 59.5 Å². The molecule has 0 aromatic carbocycles. The molecule has 0 fully saturated rings. The third-order valence-corrected chi connectivity index (χ3v) is 6.38. The largest absolute Gasteiger partial charge is 0.458 e. The summed E-state index contributed by atoms with van der Waals surface area (Å²) in [6, 6.07) is 4.15. The number of carbonyl (C=O) groups is 1. The van der Waals surface area contributed by atoms with Crippen LogP contribution in [-0.4, -0.2) is 26.3 Å². The van der Waals surface area contributed by atoms with E-state index in [0.29, 0.717) is 24.2 Å². The highest BCUT2D eigenvalue weighted by Gasteiger charge is 2.27. The van der Waals surface area contributed by atoms with Crippen molar-refractivity contribution >= 4 is 39.5 Å². The van der Waals surface area contributed by atoms with Crippen LogP contribution >= 0.6 is 22.6 Å². The smallest absolute Gasteiger partial charge is 0.328 e. The Morgan fingerprint density at radius 2 is 2.07 bits per heavy atom. The Balaban J connectivity index is 1.92. The van der Waals surface area contributed by atoms with E-state index in [-0.39, 0.29) is 12.5 Å². The highest BCUT2D eigenvalue weighted by molar-refractivity contribution is 14.1. The van der Waals surface area contributed by atoms with E-state index in [1.54, 1.807) is 17.1 Å². The van der Waals surface area contributed by atoms with Crippen LogP contribution in [0.4, 0.5) is 0 Å². The van der Waals surface area contributed by atoms with Gasteiger partial charge in [0.25, 0.3) is 0 Å². The third-order valence-electron chi connectivity index (χ3n) is 5.59. The van der Waals surface area contributed by atoms with E-state index in [1.807, 2.05) is 19.9 Å². The molecule has 3 atom stereocenters. The maximum atomic E-state index is 12.5. The van der Waals surface area contributed by atoms with Crippen molar-refractivity contribution in [1.82, 2.24) is 14.8 Å². The van der Waals surface area contributed by atoms with Crippen LogP contribution in [0.3, 0.4) is 0 Å². The first-order valence-electron chi connectivity index (χ1n) is 9.69. The molecule has 0 N–H and O–H groups in total. The lowest BCUT2D eigenvalue weighted by Gasteiger charge is -2.30. The SMILES string of the molecule is CC(CC#N)C(C)C(C)CCC(C)(C)OC(=O)Cn1nc(I)c2ccncc21. The average Bonchev–Trinajstić information content (AvgIpc) is 2.94. The molecule has 6 nitrogen and oxygen atoms in total. The molecule has 2 aromatic rings. The van der Waals surface area contributed by atoms with E-state index in [0.717, 1.165) is 27.4 Å². The minimum absolute atomic E-state index is 0.0692. The number of ether oxygens (including phenoxy) is 1. The molecule has 2 rings (SSSR count). The summed E-state index contributed by atoms with van der Waals surface area (Å²) in [5, 5.41) is 14.3. The Labute approximate surface area is 180 Å². The van der Waals surface area contributed by atoms with Gasteiger partial charge >= 0.3 is 5.97 Å². The fraction of sp³-hybridized carbons (Fsp3) is 0.619. The summed E-state index contributed by atoms with van der Waals surface area (Å²) < 4.78 is 8.26. The van der Waals surface area contributed by atoms with Crippen LogP contribution < -0.4 is 0 Å². The van der Waals surface area contributed by atoms with Gasteiger partial charge in [0.2, 0.25) is 0 Å². The highest BCUT2D eigenvalue weighted by atomic mass is 127. The Bertz CT molecular complexity index is 856. The molecule has 152 valence electrons. The lowest BCUT2D eigenvalue weighted by molar-refractivity contribution is -0.158. The van der Waals surface area contributed by atoms with Crippen molar-refractivity contribution in [2.24, 2.45) is 17.8 Å². The second-order valence-corrected chi connectivity index (χ2v) is 9.31. The minimum Gasteiger partial charge on any atom is -0.458 e. The summed E-state index contributed by atoms with van der Waals surface area (Å²) in [5.41, 5.74) is 0.285. The molecule has 0 radical (unpaired) electrons. The number of fused-ring (bicyclic) bond motifs is 1. The second-order valence-electron chi connectivity index (χ2n) is 8.29. The van der Waals surface area contributed by atoms with Gasteiger partial charge in [0.15, 0.2) is 0 Å². The van der Waals surface area contributed by atoms with Gasteiger partial charge in [-0.25, -0.2) is 0 Å². The van der Waals surface area contributed by atoms with E-state index in [1.165, 1.54) is 0 Å². The number of halogens is 1. The van der Waals surface area contributed by atoms with Gasteiger partial charge in [-0.15, -0.1) is 0 Å². The highest BCUT2D eigenvalue weighted by Crippen LogP contribution is 2.29. The molecule has 0 amide bonds. The first-order chi connectivity index (χ1) is 13.1. The van der Waals surface area contributed by atoms with Crippen molar-refractivity contribution in [3.05, 3.63) is 22.2 Å². The summed E-state index contributed by atoms with van der Waals surface area (Å²) in [5.74, 6) is 0.989. The summed E-state index contributed by atoms with van der Waals surface area (Å²) in [6.07, 6.45) is 5.74. The number of hydrogen-bond acceptors (Lipinski definition) is 5. The molecular weight excluding hydrogens is 467 g/mol. The van der Waals surface area contributed by atoms with Gasteiger partial charge in [0.1, 0.15) is 15.8 Å². The molecule has 2 heterocycles. The van der Waals surface area contributed by atoms with Gasteiger partial charge in [0, 0.05) is 18.0 Å². The van der Waals surface area contributed by atoms with Gasteiger partial charge in [0.05, 0.1) is 17.8 Å². The number of nitriles is 1. The van der Waals surface area contributed by atoms with Gasteiger partial charge in [-0.05, 0) is 73.1 Å². The van der Waals surface area contributed by atoms with Crippen molar-refractivity contribution < 1.29 is 9.53 Å². The van der Waals surface area contributed by atoms with Crippen LogP contribution in [0.2, 0.25) is 0 Å². The molecule has 0 aliphatic rings. The summed E-state index contributed by atoms with van der Waals surface area (Å²) in [4.78, 5) is 16.6. The zero-order valence-electron chi connectivity index (χ0n) is 17.3. The normalized spacial score (nSPS) is 15.0. The molecule has 3 unspecified atom stereocenters. The minimum atomic E-state index is -0.544. The molecule has 0 saturated carbocycles. The number of pyridine rings is 1. The number of nitrogens with zero attached hydrogens (tertiary/aromatic N) is 4. The number of esters is 1. The fourth-order valence-electron chi connectivity index (χ4n) is 3.34. The number of hydrogen-bond donors (Lipinski definition) is 0. The van der Waals surface area contributed by atoms with E-state index in [9.17, 15) is 4.79 Å². The summed E-state index contributed by atoms with van der Waals surface area (Å²) >= 11 is 2.16. The predicted octanol–water partition coefficient (Wildman–Crippen LogP) is 4.96. The Hall–Kier alpha value is -1.69. The van der Waals surface area contributed by atoms with Gasteiger partial charge in [-0.1, -0.05) is 20.8 Å². The Kier molecular flexibility index (Phi) is 7.81. The first kappa shape index (κ1) is 22.6. The van der Waals surface area contributed by atoms with Crippen LogP contribution in [0.25, 0.3) is 10.9 Å². The predicted molar refractivity (Wildman–Crippen MR) is 117 cm³/mol. The average molecular weight is 496 g/mol. The standard InChI is InChI=1S/C21H29IN4O2/c1-14(16(3)15(2)7-10-23)6-9-21(4,5)28-19(27)13-26-18-12-24-11-8-17(18)20(22)25-26/h8,11-12,14-16H,6-7,9,13H2,1-5H3.